The van der Waals surface area contributed by atoms with E-state index in [0.717, 1.165) is 42.5 Å². The maximum absolute atomic E-state index is 11.3. The number of aliphatic carboxylic acids is 1. The number of hydrogen-bond acceptors (Lipinski definition) is 3. The highest BCUT2D eigenvalue weighted by Crippen LogP contribution is 2.42. The fourth-order valence-electron chi connectivity index (χ4n) is 3.91. The first-order valence-electron chi connectivity index (χ1n) is 7.18. The van der Waals surface area contributed by atoms with E-state index in [1.165, 1.54) is 0 Å². The summed E-state index contributed by atoms with van der Waals surface area (Å²) in [5, 5.41) is 10.4. The summed E-state index contributed by atoms with van der Waals surface area (Å²) in [6.45, 7) is 0.730. The molecule has 1 aromatic heterocycles. The Morgan fingerprint density at radius 3 is 2.95 bits per heavy atom. The number of furan rings is 1. The fourth-order valence-corrected chi connectivity index (χ4v) is 3.91. The first-order chi connectivity index (χ1) is 9.72. The van der Waals surface area contributed by atoms with Crippen LogP contribution in [0.15, 0.2) is 34.7 Å². The second-order valence-electron chi connectivity index (χ2n) is 5.90. The zero-order chi connectivity index (χ0) is 13.7. The Labute approximate surface area is 117 Å². The molecule has 2 aliphatic heterocycles. The summed E-state index contributed by atoms with van der Waals surface area (Å²) in [6, 6.07) is 10.7. The highest BCUT2D eigenvalue weighted by molar-refractivity contribution is 5.77. The smallest absolute Gasteiger partial charge is 0.308 e. The summed E-state index contributed by atoms with van der Waals surface area (Å²) >= 11 is 0. The Kier molecular flexibility index (Phi) is 2.60. The van der Waals surface area contributed by atoms with E-state index >= 15 is 0 Å². The monoisotopic (exact) mass is 271 g/mol. The minimum absolute atomic E-state index is 0.186. The first kappa shape index (κ1) is 12.0. The second kappa shape index (κ2) is 4.35. The lowest BCUT2D eigenvalue weighted by atomic mass is 9.89. The van der Waals surface area contributed by atoms with Crippen molar-refractivity contribution in [2.24, 2.45) is 5.92 Å². The largest absolute Gasteiger partial charge is 0.481 e. The van der Waals surface area contributed by atoms with Crippen molar-refractivity contribution in [1.29, 1.82) is 0 Å². The Morgan fingerprint density at radius 1 is 1.35 bits per heavy atom. The Bertz CT molecular complexity index is 630. The van der Waals surface area contributed by atoms with Crippen LogP contribution in [-0.2, 0) is 11.3 Å². The molecule has 0 saturated carbocycles. The Hall–Kier alpha value is -1.81. The molecule has 4 rings (SSSR count). The van der Waals surface area contributed by atoms with Crippen LogP contribution in [0.3, 0.4) is 0 Å². The van der Waals surface area contributed by atoms with Crippen molar-refractivity contribution < 1.29 is 14.3 Å². The number of para-hydroxylation sites is 1. The minimum atomic E-state index is -0.646. The van der Waals surface area contributed by atoms with Gasteiger partial charge < -0.3 is 9.52 Å². The normalized spacial score (nSPS) is 29.3. The molecule has 0 spiro atoms. The van der Waals surface area contributed by atoms with Crippen molar-refractivity contribution in [3.05, 3.63) is 36.1 Å². The number of benzene rings is 1. The molecular formula is C16H17NO3. The average Bonchev–Trinajstić information content (AvgIpc) is 3.11. The summed E-state index contributed by atoms with van der Waals surface area (Å²) < 4.78 is 5.86. The number of hydrogen-bond donors (Lipinski definition) is 1. The summed E-state index contributed by atoms with van der Waals surface area (Å²) in [4.78, 5) is 13.6. The summed E-state index contributed by atoms with van der Waals surface area (Å²) in [5.74, 6) is 0.0964. The van der Waals surface area contributed by atoms with Gasteiger partial charge in [-0.25, -0.2) is 0 Å². The number of carboxylic acid groups (broad SMARTS) is 1. The molecule has 1 aromatic carbocycles. The third-order valence-corrected chi connectivity index (χ3v) is 4.81. The lowest BCUT2D eigenvalue weighted by molar-refractivity contribution is -0.142. The number of rotatable bonds is 3. The van der Waals surface area contributed by atoms with Gasteiger partial charge in [-0.1, -0.05) is 18.2 Å². The van der Waals surface area contributed by atoms with Crippen molar-refractivity contribution in [1.82, 2.24) is 4.90 Å². The van der Waals surface area contributed by atoms with Crippen LogP contribution in [-0.4, -0.2) is 28.1 Å². The molecule has 3 atom stereocenters. The van der Waals surface area contributed by atoms with Crippen LogP contribution in [0.2, 0.25) is 0 Å². The highest BCUT2D eigenvalue weighted by Gasteiger charge is 2.49. The zero-order valence-electron chi connectivity index (χ0n) is 11.2. The molecule has 2 aromatic rings. The van der Waals surface area contributed by atoms with Crippen molar-refractivity contribution in [3.8, 4) is 0 Å². The van der Waals surface area contributed by atoms with E-state index in [0.29, 0.717) is 6.04 Å². The van der Waals surface area contributed by atoms with E-state index < -0.39 is 5.97 Å². The van der Waals surface area contributed by atoms with Gasteiger partial charge in [0.25, 0.3) is 0 Å². The predicted octanol–water partition coefficient (Wildman–Crippen LogP) is 2.87. The van der Waals surface area contributed by atoms with Crippen LogP contribution in [0, 0.1) is 5.92 Å². The van der Waals surface area contributed by atoms with Crippen LogP contribution in [0.4, 0.5) is 0 Å². The third kappa shape index (κ3) is 1.75. The van der Waals surface area contributed by atoms with Gasteiger partial charge in [-0.2, -0.15) is 0 Å². The molecule has 104 valence electrons. The molecule has 20 heavy (non-hydrogen) atoms. The van der Waals surface area contributed by atoms with Crippen molar-refractivity contribution in [3.63, 3.8) is 0 Å². The minimum Gasteiger partial charge on any atom is -0.481 e. The summed E-state index contributed by atoms with van der Waals surface area (Å²) in [5.41, 5.74) is 0.906. The molecule has 0 aliphatic carbocycles. The number of carbonyl (C=O) groups is 1. The van der Waals surface area contributed by atoms with Crippen molar-refractivity contribution in [2.75, 3.05) is 0 Å². The van der Waals surface area contributed by atoms with Gasteiger partial charge in [0.15, 0.2) is 0 Å². The second-order valence-corrected chi connectivity index (χ2v) is 5.90. The fraction of sp³-hybridized carbons (Fsp3) is 0.438. The van der Waals surface area contributed by atoms with Gasteiger partial charge in [0.2, 0.25) is 0 Å². The van der Waals surface area contributed by atoms with Gasteiger partial charge in [0, 0.05) is 17.5 Å². The predicted molar refractivity (Wildman–Crippen MR) is 74.3 cm³/mol. The van der Waals surface area contributed by atoms with Gasteiger partial charge in [0.1, 0.15) is 11.3 Å². The topological polar surface area (TPSA) is 53.7 Å². The number of nitrogens with zero attached hydrogens (tertiary/aromatic N) is 1. The number of carboxylic acids is 1. The van der Waals surface area contributed by atoms with E-state index in [2.05, 4.69) is 11.0 Å². The Morgan fingerprint density at radius 2 is 2.20 bits per heavy atom. The van der Waals surface area contributed by atoms with E-state index in [1.807, 2.05) is 24.3 Å². The molecule has 2 saturated heterocycles. The van der Waals surface area contributed by atoms with E-state index in [9.17, 15) is 9.90 Å². The van der Waals surface area contributed by atoms with Crippen molar-refractivity contribution >= 4 is 16.9 Å². The molecule has 3 heterocycles. The lowest BCUT2D eigenvalue weighted by Crippen LogP contribution is -2.32. The van der Waals surface area contributed by atoms with Crippen molar-refractivity contribution in [2.45, 2.75) is 37.9 Å². The molecular weight excluding hydrogens is 254 g/mol. The first-order valence-corrected chi connectivity index (χ1v) is 7.18. The number of fused-ring (bicyclic) bond motifs is 3. The van der Waals surface area contributed by atoms with Crippen LogP contribution < -0.4 is 0 Å². The molecule has 3 unspecified atom stereocenters. The van der Waals surface area contributed by atoms with Crippen LogP contribution >= 0.6 is 0 Å². The van der Waals surface area contributed by atoms with Gasteiger partial charge in [0.05, 0.1) is 12.5 Å². The molecule has 2 fully saturated rings. The summed E-state index contributed by atoms with van der Waals surface area (Å²) in [6.07, 6.45) is 2.91. The third-order valence-electron chi connectivity index (χ3n) is 4.81. The van der Waals surface area contributed by atoms with Gasteiger partial charge in [-0.05, 0) is 31.4 Å². The molecule has 0 radical (unpaired) electrons. The molecule has 2 bridgehead atoms. The standard InChI is InChI=1S/C16H17NO3/c18-16(19)13-8-11-5-6-14(13)17(11)9-12-7-10-3-1-2-4-15(10)20-12/h1-4,7,11,13-14H,5-6,8-9H2,(H,18,19). The molecule has 4 nitrogen and oxygen atoms in total. The maximum Gasteiger partial charge on any atom is 0.308 e. The van der Waals surface area contributed by atoms with E-state index in [-0.39, 0.29) is 12.0 Å². The van der Waals surface area contributed by atoms with E-state index in [1.54, 1.807) is 0 Å². The average molecular weight is 271 g/mol. The van der Waals surface area contributed by atoms with Gasteiger partial charge in [-0.3, -0.25) is 9.69 Å². The molecule has 1 N–H and O–H groups in total. The maximum atomic E-state index is 11.3. The van der Waals surface area contributed by atoms with Gasteiger partial charge in [-0.15, -0.1) is 0 Å². The molecule has 4 heteroatoms. The van der Waals surface area contributed by atoms with Crippen LogP contribution in [0.1, 0.15) is 25.0 Å². The van der Waals surface area contributed by atoms with Crippen LogP contribution in [0.25, 0.3) is 11.0 Å². The quantitative estimate of drug-likeness (QED) is 0.932. The highest BCUT2D eigenvalue weighted by atomic mass is 16.4. The Balaban J connectivity index is 1.59. The van der Waals surface area contributed by atoms with E-state index in [4.69, 9.17) is 4.42 Å². The summed E-state index contributed by atoms with van der Waals surface area (Å²) in [7, 11) is 0. The van der Waals surface area contributed by atoms with Gasteiger partial charge >= 0.3 is 5.97 Å². The zero-order valence-corrected chi connectivity index (χ0v) is 11.2. The SMILES string of the molecule is O=C(O)C1CC2CCC1N2Cc1cc2ccccc2o1. The molecule has 2 aliphatic rings. The van der Waals surface area contributed by atoms with Crippen LogP contribution in [0.5, 0.6) is 0 Å². The molecule has 0 amide bonds. The lowest BCUT2D eigenvalue weighted by Gasteiger charge is -2.21.